The van der Waals surface area contributed by atoms with Crippen LogP contribution in [0.15, 0.2) is 16.9 Å². The quantitative estimate of drug-likeness (QED) is 0.897. The Hall–Kier alpha value is -1.02. The highest BCUT2D eigenvalue weighted by molar-refractivity contribution is 9.10. The fourth-order valence-electron chi connectivity index (χ4n) is 2.16. The first-order valence-electron chi connectivity index (χ1n) is 5.80. The predicted molar refractivity (Wildman–Crippen MR) is 71.1 cm³/mol. The van der Waals surface area contributed by atoms with Crippen molar-refractivity contribution >= 4 is 27.3 Å². The van der Waals surface area contributed by atoms with Crippen LogP contribution in [0.5, 0.6) is 0 Å². The van der Waals surface area contributed by atoms with E-state index in [9.17, 15) is 13.2 Å². The fraction of sp³-hybridized carbons (Fsp3) is 0.545. The molecular formula is C11H14BrF3N4. The Labute approximate surface area is 117 Å². The number of piperazine rings is 1. The van der Waals surface area contributed by atoms with E-state index < -0.39 is 12.7 Å². The van der Waals surface area contributed by atoms with Crippen LogP contribution in [0.25, 0.3) is 0 Å². The van der Waals surface area contributed by atoms with Crippen LogP contribution in [0.3, 0.4) is 0 Å². The van der Waals surface area contributed by atoms with Gasteiger partial charge in [0, 0.05) is 32.4 Å². The molecule has 0 atom stereocenters. The van der Waals surface area contributed by atoms with Crippen molar-refractivity contribution < 1.29 is 13.2 Å². The number of nitrogens with zero attached hydrogens (tertiary/aromatic N) is 3. The minimum atomic E-state index is -4.14. The van der Waals surface area contributed by atoms with Crippen LogP contribution in [0.4, 0.5) is 24.5 Å². The van der Waals surface area contributed by atoms with E-state index in [1.165, 1.54) is 4.90 Å². The van der Waals surface area contributed by atoms with Crippen LogP contribution in [-0.4, -0.2) is 48.8 Å². The van der Waals surface area contributed by atoms with E-state index in [0.717, 1.165) is 10.2 Å². The van der Waals surface area contributed by atoms with Gasteiger partial charge in [0.05, 0.1) is 28.6 Å². The molecule has 0 bridgehead atoms. The van der Waals surface area contributed by atoms with Gasteiger partial charge in [-0.1, -0.05) is 0 Å². The van der Waals surface area contributed by atoms with Gasteiger partial charge in [-0.15, -0.1) is 0 Å². The minimum absolute atomic E-state index is 0.369. The van der Waals surface area contributed by atoms with Crippen molar-refractivity contribution in [1.82, 2.24) is 9.88 Å². The normalized spacial score (nSPS) is 17.8. The van der Waals surface area contributed by atoms with E-state index in [1.54, 1.807) is 12.4 Å². The molecule has 106 valence electrons. The number of hydrogen-bond acceptors (Lipinski definition) is 4. The monoisotopic (exact) mass is 338 g/mol. The zero-order valence-electron chi connectivity index (χ0n) is 10.1. The third kappa shape index (κ3) is 3.73. The van der Waals surface area contributed by atoms with Crippen molar-refractivity contribution in [2.24, 2.45) is 0 Å². The Kier molecular flexibility index (Phi) is 4.19. The van der Waals surface area contributed by atoms with Gasteiger partial charge in [-0.05, 0) is 15.9 Å². The van der Waals surface area contributed by atoms with Crippen LogP contribution in [0.1, 0.15) is 0 Å². The highest BCUT2D eigenvalue weighted by Crippen LogP contribution is 2.32. The van der Waals surface area contributed by atoms with Crippen LogP contribution in [-0.2, 0) is 0 Å². The lowest BCUT2D eigenvalue weighted by Gasteiger charge is -2.37. The van der Waals surface area contributed by atoms with Gasteiger partial charge in [0.15, 0.2) is 0 Å². The zero-order valence-corrected chi connectivity index (χ0v) is 11.7. The molecular weight excluding hydrogens is 325 g/mol. The topological polar surface area (TPSA) is 45.4 Å². The van der Waals surface area contributed by atoms with Crippen LogP contribution in [0.2, 0.25) is 0 Å². The molecule has 0 spiro atoms. The molecule has 1 aromatic rings. The van der Waals surface area contributed by atoms with E-state index in [4.69, 9.17) is 5.73 Å². The van der Waals surface area contributed by atoms with E-state index in [-0.39, 0.29) is 0 Å². The Morgan fingerprint density at radius 1 is 1.21 bits per heavy atom. The van der Waals surface area contributed by atoms with Crippen molar-refractivity contribution in [2.45, 2.75) is 6.18 Å². The third-order valence-corrected chi connectivity index (χ3v) is 3.57. The Balaban J connectivity index is 2.00. The van der Waals surface area contributed by atoms with Crippen molar-refractivity contribution in [3.05, 3.63) is 16.9 Å². The number of pyridine rings is 1. The molecule has 4 nitrogen and oxygen atoms in total. The summed E-state index contributed by atoms with van der Waals surface area (Å²) in [6.07, 6.45) is -0.964. The summed E-state index contributed by atoms with van der Waals surface area (Å²) in [6.45, 7) is 0.918. The van der Waals surface area contributed by atoms with Gasteiger partial charge >= 0.3 is 6.18 Å². The summed E-state index contributed by atoms with van der Waals surface area (Å²) in [4.78, 5) is 7.33. The number of halogens is 4. The second kappa shape index (κ2) is 5.54. The maximum absolute atomic E-state index is 12.3. The molecule has 0 aliphatic carbocycles. The lowest BCUT2D eigenvalue weighted by molar-refractivity contribution is -0.146. The molecule has 1 fully saturated rings. The van der Waals surface area contributed by atoms with Crippen molar-refractivity contribution in [3.8, 4) is 0 Å². The van der Waals surface area contributed by atoms with Crippen LogP contribution < -0.4 is 10.6 Å². The zero-order chi connectivity index (χ0) is 14.0. The average molecular weight is 339 g/mol. The van der Waals surface area contributed by atoms with Crippen molar-refractivity contribution in [3.63, 3.8) is 0 Å². The summed E-state index contributed by atoms with van der Waals surface area (Å²) < 4.78 is 37.7. The van der Waals surface area contributed by atoms with Crippen molar-refractivity contribution in [1.29, 1.82) is 0 Å². The number of nitrogen functional groups attached to an aromatic ring is 1. The van der Waals surface area contributed by atoms with E-state index >= 15 is 0 Å². The van der Waals surface area contributed by atoms with E-state index in [2.05, 4.69) is 20.9 Å². The maximum Gasteiger partial charge on any atom is 0.401 e. The molecule has 1 saturated heterocycles. The smallest absolute Gasteiger partial charge is 0.396 e. The highest BCUT2D eigenvalue weighted by atomic mass is 79.9. The molecule has 1 aliphatic rings. The summed E-state index contributed by atoms with van der Waals surface area (Å²) >= 11 is 3.37. The van der Waals surface area contributed by atoms with Gasteiger partial charge in [-0.3, -0.25) is 9.88 Å². The number of aromatic nitrogens is 1. The second-order valence-electron chi connectivity index (χ2n) is 4.44. The third-order valence-electron chi connectivity index (χ3n) is 2.99. The van der Waals surface area contributed by atoms with Gasteiger partial charge in [0.25, 0.3) is 0 Å². The molecule has 0 unspecified atom stereocenters. The fourth-order valence-corrected chi connectivity index (χ4v) is 2.76. The lowest BCUT2D eigenvalue weighted by Crippen LogP contribution is -2.49. The van der Waals surface area contributed by atoms with Gasteiger partial charge in [-0.25, -0.2) is 0 Å². The van der Waals surface area contributed by atoms with Crippen LogP contribution >= 0.6 is 15.9 Å². The first kappa shape index (κ1) is 14.4. The van der Waals surface area contributed by atoms with Crippen molar-refractivity contribution in [2.75, 3.05) is 43.4 Å². The number of alkyl halides is 3. The standard InChI is InChI=1S/C11H14BrF3N4/c12-8-5-17-6-9(16)10(8)19-3-1-18(2-4-19)7-11(13,14)15/h5-6H,1-4,7,16H2. The number of anilines is 2. The molecule has 0 radical (unpaired) electrons. The molecule has 2 rings (SSSR count). The average Bonchev–Trinajstić information content (AvgIpc) is 2.29. The number of hydrogen-bond donors (Lipinski definition) is 1. The van der Waals surface area contributed by atoms with Gasteiger partial charge < -0.3 is 10.6 Å². The van der Waals surface area contributed by atoms with E-state index in [1.807, 2.05) is 4.90 Å². The molecule has 8 heteroatoms. The Morgan fingerprint density at radius 2 is 1.84 bits per heavy atom. The first-order chi connectivity index (χ1) is 8.87. The molecule has 19 heavy (non-hydrogen) atoms. The molecule has 1 aromatic heterocycles. The molecule has 2 heterocycles. The van der Waals surface area contributed by atoms with Crippen LogP contribution in [0, 0.1) is 0 Å². The van der Waals surface area contributed by atoms with Gasteiger partial charge in [0.2, 0.25) is 0 Å². The second-order valence-corrected chi connectivity index (χ2v) is 5.29. The predicted octanol–water partition coefficient (Wildman–Crippen LogP) is 2.11. The Bertz CT molecular complexity index is 424. The molecule has 0 amide bonds. The largest absolute Gasteiger partial charge is 0.401 e. The Morgan fingerprint density at radius 3 is 2.37 bits per heavy atom. The molecule has 0 saturated carbocycles. The summed E-state index contributed by atoms with van der Waals surface area (Å²) in [6, 6.07) is 0. The summed E-state index contributed by atoms with van der Waals surface area (Å²) in [5, 5.41) is 0. The maximum atomic E-state index is 12.3. The summed E-state index contributed by atoms with van der Waals surface area (Å²) in [5.74, 6) is 0. The molecule has 1 aliphatic heterocycles. The lowest BCUT2D eigenvalue weighted by atomic mass is 10.2. The minimum Gasteiger partial charge on any atom is -0.396 e. The van der Waals surface area contributed by atoms with Gasteiger partial charge in [0.1, 0.15) is 0 Å². The number of nitrogens with two attached hydrogens (primary N) is 1. The van der Waals surface area contributed by atoms with Gasteiger partial charge in [-0.2, -0.15) is 13.2 Å². The first-order valence-corrected chi connectivity index (χ1v) is 6.59. The summed E-state index contributed by atoms with van der Waals surface area (Å²) in [5.41, 5.74) is 7.19. The summed E-state index contributed by atoms with van der Waals surface area (Å²) in [7, 11) is 0. The number of rotatable bonds is 2. The van der Waals surface area contributed by atoms with E-state index in [0.29, 0.717) is 31.9 Å². The highest BCUT2D eigenvalue weighted by Gasteiger charge is 2.32. The molecule has 2 N–H and O–H groups in total. The molecule has 0 aromatic carbocycles. The SMILES string of the molecule is Nc1cncc(Br)c1N1CCN(CC(F)(F)F)CC1.